The third-order valence-electron chi connectivity index (χ3n) is 10.5. The van der Waals surface area contributed by atoms with Crippen molar-refractivity contribution >= 4 is 49.8 Å². The average Bonchev–Trinajstić information content (AvgIpc) is 3.64. The van der Waals surface area contributed by atoms with E-state index in [1.54, 1.807) is 0 Å². The van der Waals surface area contributed by atoms with Crippen molar-refractivity contribution in [3.63, 3.8) is 0 Å². The van der Waals surface area contributed by atoms with Crippen LogP contribution < -0.4 is 4.90 Å². The zero-order valence-corrected chi connectivity index (χ0v) is 29.6. The van der Waals surface area contributed by atoms with Crippen molar-refractivity contribution in [2.45, 2.75) is 0 Å². The highest BCUT2D eigenvalue weighted by Gasteiger charge is 2.22. The second-order valence-electron chi connectivity index (χ2n) is 13.7. The first-order chi connectivity index (χ1) is 26.8. The lowest BCUT2D eigenvalue weighted by atomic mass is 9.92. The number of hydrogen-bond donors (Lipinski definition) is 0. The highest BCUT2D eigenvalue weighted by Crippen LogP contribution is 2.47. The van der Waals surface area contributed by atoms with Crippen LogP contribution >= 0.6 is 0 Å². The van der Waals surface area contributed by atoms with Gasteiger partial charge in [-0.3, -0.25) is 0 Å². The molecule has 0 aliphatic rings. The van der Waals surface area contributed by atoms with Crippen molar-refractivity contribution in [3.05, 3.63) is 212 Å². The molecule has 0 atom stereocenters. The van der Waals surface area contributed by atoms with E-state index in [1.807, 2.05) is 6.07 Å². The summed E-state index contributed by atoms with van der Waals surface area (Å²) in [5.74, 6) is 0. The van der Waals surface area contributed by atoms with Gasteiger partial charge >= 0.3 is 0 Å². The summed E-state index contributed by atoms with van der Waals surface area (Å²) in [4.78, 5) is 2.41. The summed E-state index contributed by atoms with van der Waals surface area (Å²) in [5, 5.41) is 4.61. The number of nitrogens with zero attached hydrogens (tertiary/aromatic N) is 1. The summed E-state index contributed by atoms with van der Waals surface area (Å²) in [7, 11) is 0. The van der Waals surface area contributed by atoms with Crippen LogP contribution in [-0.4, -0.2) is 0 Å². The summed E-state index contributed by atoms with van der Waals surface area (Å²) in [6.07, 6.45) is 0. The first-order valence-electron chi connectivity index (χ1n) is 18.4. The van der Waals surface area contributed by atoms with E-state index in [0.717, 1.165) is 55.7 Å². The largest absolute Gasteiger partial charge is 0.456 e. The lowest BCUT2D eigenvalue weighted by Gasteiger charge is -2.29. The molecule has 0 spiro atoms. The quantitative estimate of drug-likeness (QED) is 0.166. The number of anilines is 3. The molecule has 10 rings (SSSR count). The maximum absolute atomic E-state index is 6.49. The third kappa shape index (κ3) is 5.53. The molecule has 2 heteroatoms. The van der Waals surface area contributed by atoms with Crippen LogP contribution in [0.1, 0.15) is 0 Å². The summed E-state index contributed by atoms with van der Waals surface area (Å²) >= 11 is 0. The fraction of sp³-hybridized carbons (Fsp3) is 0. The van der Waals surface area contributed by atoms with Crippen LogP contribution in [0.25, 0.3) is 77.2 Å². The first kappa shape index (κ1) is 31.6. The molecule has 254 valence electrons. The fourth-order valence-electron chi connectivity index (χ4n) is 7.97. The number of furan rings is 1. The number of hydrogen-bond acceptors (Lipinski definition) is 2. The van der Waals surface area contributed by atoms with Crippen LogP contribution in [0.5, 0.6) is 0 Å². The van der Waals surface area contributed by atoms with Crippen molar-refractivity contribution in [2.24, 2.45) is 0 Å². The van der Waals surface area contributed by atoms with Crippen LogP contribution in [0.3, 0.4) is 0 Å². The second kappa shape index (κ2) is 13.4. The van der Waals surface area contributed by atoms with Crippen molar-refractivity contribution < 1.29 is 4.42 Å². The molecule has 9 aromatic carbocycles. The number of fused-ring (bicyclic) bond motifs is 5. The van der Waals surface area contributed by atoms with Gasteiger partial charge in [-0.2, -0.15) is 0 Å². The normalized spacial score (nSPS) is 11.3. The molecule has 0 unspecified atom stereocenters. The molecule has 2 nitrogen and oxygen atoms in total. The second-order valence-corrected chi connectivity index (χ2v) is 13.7. The van der Waals surface area contributed by atoms with Gasteiger partial charge in [0.15, 0.2) is 0 Å². The molecule has 0 saturated heterocycles. The lowest BCUT2D eigenvalue weighted by molar-refractivity contribution is 0.669. The Labute approximate surface area is 314 Å². The van der Waals surface area contributed by atoms with E-state index in [2.05, 4.69) is 211 Å². The topological polar surface area (TPSA) is 16.4 Å². The van der Waals surface area contributed by atoms with Gasteiger partial charge in [-0.25, -0.2) is 0 Å². The van der Waals surface area contributed by atoms with E-state index >= 15 is 0 Å². The minimum absolute atomic E-state index is 0.895. The average molecular weight is 690 g/mol. The molecule has 0 amide bonds. The molecule has 10 aromatic rings. The Morgan fingerprint density at radius 1 is 0.296 bits per heavy atom. The zero-order chi connectivity index (χ0) is 35.8. The highest BCUT2D eigenvalue weighted by atomic mass is 16.3. The predicted molar refractivity (Wildman–Crippen MR) is 228 cm³/mol. The third-order valence-corrected chi connectivity index (χ3v) is 10.5. The van der Waals surface area contributed by atoms with E-state index in [9.17, 15) is 0 Å². The Bertz CT molecular complexity index is 2910. The Morgan fingerprint density at radius 3 is 1.56 bits per heavy atom. The molecule has 0 bridgehead atoms. The van der Waals surface area contributed by atoms with Gasteiger partial charge in [0.2, 0.25) is 0 Å². The lowest BCUT2D eigenvalue weighted by Crippen LogP contribution is -2.11. The smallest absolute Gasteiger partial charge is 0.136 e. The zero-order valence-electron chi connectivity index (χ0n) is 29.6. The van der Waals surface area contributed by atoms with Gasteiger partial charge in [0.25, 0.3) is 0 Å². The van der Waals surface area contributed by atoms with Crippen molar-refractivity contribution in [1.82, 2.24) is 0 Å². The van der Waals surface area contributed by atoms with E-state index in [-0.39, 0.29) is 0 Å². The van der Waals surface area contributed by atoms with Gasteiger partial charge in [-0.1, -0.05) is 170 Å². The van der Waals surface area contributed by atoms with Gasteiger partial charge in [0.1, 0.15) is 11.2 Å². The molecule has 1 aromatic heterocycles. The predicted octanol–water partition coefficient (Wildman–Crippen LogP) is 14.9. The van der Waals surface area contributed by atoms with Gasteiger partial charge < -0.3 is 9.32 Å². The van der Waals surface area contributed by atoms with Gasteiger partial charge in [0.05, 0.1) is 5.69 Å². The Kier molecular flexibility index (Phi) is 7.85. The molecule has 0 saturated carbocycles. The maximum Gasteiger partial charge on any atom is 0.136 e. The van der Waals surface area contributed by atoms with E-state index in [4.69, 9.17) is 4.42 Å². The summed E-state index contributed by atoms with van der Waals surface area (Å²) in [6, 6.07) is 75.9. The Morgan fingerprint density at radius 2 is 0.833 bits per heavy atom. The van der Waals surface area contributed by atoms with Crippen LogP contribution in [0.4, 0.5) is 17.1 Å². The van der Waals surface area contributed by atoms with Crippen LogP contribution in [0.15, 0.2) is 217 Å². The molecule has 54 heavy (non-hydrogen) atoms. The molecule has 0 N–H and O–H groups in total. The molecule has 0 aliphatic carbocycles. The summed E-state index contributed by atoms with van der Waals surface area (Å²) in [5.41, 5.74) is 14.4. The van der Waals surface area contributed by atoms with E-state index in [1.165, 1.54) is 38.6 Å². The van der Waals surface area contributed by atoms with Crippen LogP contribution in [0.2, 0.25) is 0 Å². The SMILES string of the molecule is c1ccc(-c2ccc(N(c3ccc4c(c3)c(-c3ccccc3)cc3oc5ccccc5c34)c3ccccc3-c3ccccc3-c3ccccc3)cc2)cc1. The summed E-state index contributed by atoms with van der Waals surface area (Å²) < 4.78 is 6.49. The van der Waals surface area contributed by atoms with Gasteiger partial charge in [0, 0.05) is 27.7 Å². The fourth-order valence-corrected chi connectivity index (χ4v) is 7.97. The molecule has 0 radical (unpaired) electrons. The van der Waals surface area contributed by atoms with E-state index in [0.29, 0.717) is 0 Å². The van der Waals surface area contributed by atoms with Crippen molar-refractivity contribution in [3.8, 4) is 44.5 Å². The van der Waals surface area contributed by atoms with Gasteiger partial charge in [-0.15, -0.1) is 0 Å². The van der Waals surface area contributed by atoms with Gasteiger partial charge in [-0.05, 0) is 92.2 Å². The molecule has 0 aliphatic heterocycles. The molecule has 1 heterocycles. The van der Waals surface area contributed by atoms with Crippen molar-refractivity contribution in [2.75, 3.05) is 4.90 Å². The Hall–Kier alpha value is -7.16. The Balaban J connectivity index is 1.23. The molecular formula is C52H35NO. The molecular weight excluding hydrogens is 655 g/mol. The number of benzene rings is 9. The minimum atomic E-state index is 0.895. The minimum Gasteiger partial charge on any atom is -0.456 e. The van der Waals surface area contributed by atoms with Crippen LogP contribution in [0, 0.1) is 0 Å². The number of rotatable bonds is 7. The maximum atomic E-state index is 6.49. The van der Waals surface area contributed by atoms with Crippen LogP contribution in [-0.2, 0) is 0 Å². The number of para-hydroxylation sites is 2. The molecule has 0 fully saturated rings. The monoisotopic (exact) mass is 689 g/mol. The first-order valence-corrected chi connectivity index (χ1v) is 18.4. The highest BCUT2D eigenvalue weighted by molar-refractivity contribution is 6.22. The van der Waals surface area contributed by atoms with Crippen molar-refractivity contribution in [1.29, 1.82) is 0 Å². The standard InChI is InChI=1S/C52H35NO/c1-4-16-36(17-5-1)37-28-30-40(31-29-37)53(49-26-14-12-24-44(49)43-23-11-10-22-42(43)38-18-6-2-7-19-38)41-32-33-45-48(34-41)47(39-20-8-3-9-21-39)35-51-52(45)46-25-13-15-27-50(46)54-51/h1-35H. The summed E-state index contributed by atoms with van der Waals surface area (Å²) in [6.45, 7) is 0. The van der Waals surface area contributed by atoms with E-state index < -0.39 is 0 Å².